The van der Waals surface area contributed by atoms with E-state index in [-0.39, 0.29) is 30.1 Å². The fraction of sp³-hybridized carbons (Fsp3) is 0.421. The van der Waals surface area contributed by atoms with Crippen molar-refractivity contribution in [2.24, 2.45) is 0 Å². The third-order valence-corrected chi connectivity index (χ3v) is 5.99. The molecule has 8 nitrogen and oxygen atoms in total. The highest BCUT2D eigenvalue weighted by molar-refractivity contribution is 6.31. The minimum absolute atomic E-state index is 0.0756. The average Bonchev–Trinajstić information content (AvgIpc) is 3.41. The first-order valence-electron chi connectivity index (χ1n) is 9.29. The quantitative estimate of drug-likeness (QED) is 0.792. The second-order valence-electron chi connectivity index (χ2n) is 7.46. The van der Waals surface area contributed by atoms with Crippen LogP contribution in [0.5, 0.6) is 0 Å². The summed E-state index contributed by atoms with van der Waals surface area (Å²) in [5.74, 6) is -0.777. The standard InChI is InChI=1S/C19H21ClFN5O3/c1-24(19(11-27)4-5-19)17(28)13-9-22-26-7-6-25(10-16(13)26)18(29)23-12-2-3-15(21)14(20)8-12/h2-3,8-9,27H,4-7,10-11H2,1H3,(H,23,29). The third-order valence-electron chi connectivity index (χ3n) is 5.70. The number of anilines is 1. The highest BCUT2D eigenvalue weighted by atomic mass is 35.5. The number of urea groups is 1. The van der Waals surface area contributed by atoms with Gasteiger partial charge in [-0.1, -0.05) is 11.6 Å². The smallest absolute Gasteiger partial charge is 0.322 e. The first kappa shape index (κ1) is 19.7. The van der Waals surface area contributed by atoms with Crippen molar-refractivity contribution in [3.63, 3.8) is 0 Å². The Bertz CT molecular complexity index is 975. The van der Waals surface area contributed by atoms with E-state index in [1.54, 1.807) is 21.5 Å². The van der Waals surface area contributed by atoms with Gasteiger partial charge in [0.25, 0.3) is 5.91 Å². The van der Waals surface area contributed by atoms with Crippen LogP contribution < -0.4 is 5.32 Å². The van der Waals surface area contributed by atoms with Crippen LogP contribution in [0.1, 0.15) is 28.9 Å². The van der Waals surface area contributed by atoms with Crippen molar-refractivity contribution in [2.75, 3.05) is 25.5 Å². The molecule has 1 aromatic carbocycles. The maximum absolute atomic E-state index is 13.3. The van der Waals surface area contributed by atoms with Crippen LogP contribution in [0.4, 0.5) is 14.9 Å². The van der Waals surface area contributed by atoms with E-state index in [9.17, 15) is 19.1 Å². The lowest BCUT2D eigenvalue weighted by atomic mass is 10.1. The number of hydrogen-bond donors (Lipinski definition) is 2. The van der Waals surface area contributed by atoms with Crippen LogP contribution in [0.2, 0.25) is 5.02 Å². The second kappa shape index (κ2) is 7.31. The zero-order chi connectivity index (χ0) is 20.8. The molecule has 2 N–H and O–H groups in total. The molecule has 0 atom stereocenters. The van der Waals surface area contributed by atoms with E-state index in [1.165, 1.54) is 24.4 Å². The van der Waals surface area contributed by atoms with Crippen LogP contribution in [-0.4, -0.2) is 62.4 Å². The number of nitrogens with zero attached hydrogens (tertiary/aromatic N) is 4. The SMILES string of the molecule is CN(C(=O)c1cnn2c1CN(C(=O)Nc1ccc(F)c(Cl)c1)CC2)C1(CO)CC1. The first-order chi connectivity index (χ1) is 13.8. The van der Waals surface area contributed by atoms with Gasteiger partial charge in [0.1, 0.15) is 5.82 Å². The Hall–Kier alpha value is -2.65. The molecule has 3 amide bonds. The molecular formula is C19H21ClFN5O3. The van der Waals surface area contributed by atoms with Crippen LogP contribution in [0.15, 0.2) is 24.4 Å². The summed E-state index contributed by atoms with van der Waals surface area (Å²) in [4.78, 5) is 28.7. The van der Waals surface area contributed by atoms with Gasteiger partial charge in [-0.15, -0.1) is 0 Å². The predicted octanol–water partition coefficient (Wildman–Crippen LogP) is 2.32. The minimum Gasteiger partial charge on any atom is -0.394 e. The van der Waals surface area contributed by atoms with Crippen molar-refractivity contribution >= 4 is 29.2 Å². The maximum atomic E-state index is 13.3. The van der Waals surface area contributed by atoms with Crippen LogP contribution >= 0.6 is 11.6 Å². The largest absolute Gasteiger partial charge is 0.394 e. The summed E-state index contributed by atoms with van der Waals surface area (Å²) in [5, 5.41) is 16.5. The summed E-state index contributed by atoms with van der Waals surface area (Å²) in [6.45, 7) is 1.00. The third kappa shape index (κ3) is 3.56. The van der Waals surface area contributed by atoms with Gasteiger partial charge in [-0.05, 0) is 31.0 Å². The van der Waals surface area contributed by atoms with Crippen molar-refractivity contribution in [2.45, 2.75) is 31.5 Å². The summed E-state index contributed by atoms with van der Waals surface area (Å²) in [6, 6.07) is 3.59. The Kier molecular flexibility index (Phi) is 4.95. The van der Waals surface area contributed by atoms with Crippen molar-refractivity contribution in [3.05, 3.63) is 46.5 Å². The van der Waals surface area contributed by atoms with Crippen molar-refractivity contribution in [1.82, 2.24) is 19.6 Å². The number of nitrogens with one attached hydrogen (secondary N) is 1. The molecular weight excluding hydrogens is 401 g/mol. The number of amides is 3. The van der Waals surface area contributed by atoms with Crippen LogP contribution in [0.25, 0.3) is 0 Å². The lowest BCUT2D eigenvalue weighted by Gasteiger charge is -2.30. The summed E-state index contributed by atoms with van der Waals surface area (Å²) in [6.07, 6.45) is 3.05. The van der Waals surface area contributed by atoms with E-state index in [2.05, 4.69) is 10.4 Å². The fourth-order valence-electron chi connectivity index (χ4n) is 3.51. The summed E-state index contributed by atoms with van der Waals surface area (Å²) >= 11 is 5.76. The number of hydrogen-bond acceptors (Lipinski definition) is 4. The molecule has 0 saturated heterocycles. The van der Waals surface area contributed by atoms with Crippen molar-refractivity contribution < 1.29 is 19.1 Å². The topological polar surface area (TPSA) is 90.7 Å². The van der Waals surface area contributed by atoms with Crippen LogP contribution in [-0.2, 0) is 13.1 Å². The van der Waals surface area contributed by atoms with Gasteiger partial charge in [0, 0.05) is 19.3 Å². The Morgan fingerprint density at radius 1 is 1.38 bits per heavy atom. The molecule has 4 rings (SSSR count). The molecule has 2 aliphatic rings. The molecule has 1 aromatic heterocycles. The number of carbonyl (C=O) groups is 2. The van der Waals surface area contributed by atoms with Gasteiger partial charge in [-0.25, -0.2) is 9.18 Å². The van der Waals surface area contributed by atoms with Gasteiger partial charge in [-0.3, -0.25) is 9.48 Å². The molecule has 0 radical (unpaired) electrons. The van der Waals surface area contributed by atoms with Gasteiger partial charge >= 0.3 is 6.03 Å². The number of benzene rings is 1. The zero-order valence-electron chi connectivity index (χ0n) is 15.9. The predicted molar refractivity (Wildman–Crippen MR) is 104 cm³/mol. The van der Waals surface area contributed by atoms with E-state index in [0.29, 0.717) is 30.0 Å². The molecule has 10 heteroatoms. The summed E-state index contributed by atoms with van der Waals surface area (Å²) < 4.78 is 15.0. The lowest BCUT2D eigenvalue weighted by Crippen LogP contribution is -2.44. The number of halogens is 2. The molecule has 0 unspecified atom stereocenters. The highest BCUT2D eigenvalue weighted by Crippen LogP contribution is 2.41. The molecule has 2 heterocycles. The molecule has 154 valence electrons. The Morgan fingerprint density at radius 3 is 2.79 bits per heavy atom. The summed E-state index contributed by atoms with van der Waals surface area (Å²) in [5.41, 5.74) is 0.971. The number of carbonyl (C=O) groups excluding carboxylic acids is 2. The zero-order valence-corrected chi connectivity index (χ0v) is 16.6. The Balaban J connectivity index is 1.49. The first-order valence-corrected chi connectivity index (χ1v) is 9.67. The molecule has 1 saturated carbocycles. The lowest BCUT2D eigenvalue weighted by molar-refractivity contribution is 0.0616. The van der Waals surface area contributed by atoms with Crippen molar-refractivity contribution in [3.8, 4) is 0 Å². The monoisotopic (exact) mass is 421 g/mol. The number of likely N-dealkylation sites (N-methyl/N-ethyl adjacent to an activating group) is 1. The highest BCUT2D eigenvalue weighted by Gasteiger charge is 2.48. The van der Waals surface area contributed by atoms with E-state index in [1.807, 2.05) is 0 Å². The molecule has 0 spiro atoms. The fourth-order valence-corrected chi connectivity index (χ4v) is 3.69. The van der Waals surface area contributed by atoms with Gasteiger partial charge < -0.3 is 20.2 Å². The van der Waals surface area contributed by atoms with E-state index < -0.39 is 11.4 Å². The second-order valence-corrected chi connectivity index (χ2v) is 7.86. The van der Waals surface area contributed by atoms with Gasteiger partial charge in [0.15, 0.2) is 0 Å². The number of rotatable bonds is 4. The van der Waals surface area contributed by atoms with Gasteiger partial charge in [0.05, 0.1) is 47.7 Å². The average molecular weight is 422 g/mol. The Labute approximate surface area is 171 Å². The van der Waals surface area contributed by atoms with Gasteiger partial charge in [0.2, 0.25) is 0 Å². The van der Waals surface area contributed by atoms with E-state index >= 15 is 0 Å². The minimum atomic E-state index is -0.560. The molecule has 1 aliphatic carbocycles. The van der Waals surface area contributed by atoms with E-state index in [0.717, 1.165) is 12.8 Å². The summed E-state index contributed by atoms with van der Waals surface area (Å²) in [7, 11) is 1.68. The van der Waals surface area contributed by atoms with Crippen molar-refractivity contribution in [1.29, 1.82) is 0 Å². The number of aliphatic hydroxyl groups is 1. The number of fused-ring (bicyclic) bond motifs is 1. The number of aromatic nitrogens is 2. The normalized spacial score (nSPS) is 16.9. The van der Waals surface area contributed by atoms with Crippen LogP contribution in [0.3, 0.4) is 0 Å². The maximum Gasteiger partial charge on any atom is 0.322 e. The molecule has 0 bridgehead atoms. The van der Waals surface area contributed by atoms with Gasteiger partial charge in [-0.2, -0.15) is 5.10 Å². The molecule has 29 heavy (non-hydrogen) atoms. The van der Waals surface area contributed by atoms with E-state index in [4.69, 9.17) is 11.6 Å². The van der Waals surface area contributed by atoms with Crippen LogP contribution in [0, 0.1) is 5.82 Å². The molecule has 1 fully saturated rings. The Morgan fingerprint density at radius 2 is 2.14 bits per heavy atom. The molecule has 1 aliphatic heterocycles. The number of aliphatic hydroxyl groups excluding tert-OH is 1. The molecule has 2 aromatic rings.